The van der Waals surface area contributed by atoms with E-state index in [2.05, 4.69) is 0 Å². The third-order valence-corrected chi connectivity index (χ3v) is 4.43. The number of aliphatic carboxylic acids is 1. The molecule has 0 aliphatic rings. The van der Waals surface area contributed by atoms with E-state index in [-0.39, 0.29) is 12.4 Å². The summed E-state index contributed by atoms with van der Waals surface area (Å²) >= 11 is 0. The molecule has 1 atom stereocenters. The Bertz CT molecular complexity index is 557. The lowest BCUT2D eigenvalue weighted by Crippen LogP contribution is -2.32. The van der Waals surface area contributed by atoms with E-state index < -0.39 is 33.1 Å². The van der Waals surface area contributed by atoms with Gasteiger partial charge in [0.1, 0.15) is 0 Å². The van der Waals surface area contributed by atoms with Crippen LogP contribution >= 0.6 is 0 Å². The lowest BCUT2D eigenvalue weighted by atomic mass is 10.1. The van der Waals surface area contributed by atoms with Gasteiger partial charge >= 0.3 is 5.97 Å². The zero-order valence-corrected chi connectivity index (χ0v) is 13.4. The quantitative estimate of drug-likeness (QED) is 0.833. The minimum absolute atomic E-state index is 0.118. The van der Waals surface area contributed by atoms with Crippen molar-refractivity contribution in [3.05, 3.63) is 35.9 Å². The van der Waals surface area contributed by atoms with Crippen LogP contribution in [0.1, 0.15) is 26.3 Å². The Morgan fingerprint density at radius 1 is 1.24 bits per heavy atom. The predicted molar refractivity (Wildman–Crippen MR) is 80.8 cm³/mol. The highest BCUT2D eigenvalue weighted by atomic mass is 32.2. The monoisotopic (exact) mass is 314 g/mol. The largest absolute Gasteiger partial charge is 0.481 e. The van der Waals surface area contributed by atoms with E-state index in [1.165, 1.54) is 0 Å². The van der Waals surface area contributed by atoms with Gasteiger partial charge in [0.2, 0.25) is 0 Å². The first-order valence-electron chi connectivity index (χ1n) is 6.70. The highest BCUT2D eigenvalue weighted by Crippen LogP contribution is 2.14. The lowest BCUT2D eigenvalue weighted by Gasteiger charge is -2.22. The Morgan fingerprint density at radius 2 is 1.81 bits per heavy atom. The van der Waals surface area contributed by atoms with Gasteiger partial charge < -0.3 is 9.84 Å². The summed E-state index contributed by atoms with van der Waals surface area (Å²) in [5.74, 6) is -2.80. The van der Waals surface area contributed by atoms with E-state index in [4.69, 9.17) is 9.84 Å². The SMILES string of the molecule is CC(C)(C)OC[C@@H](CS(=O)(=O)Cc1ccccc1)C(=O)O. The second-order valence-corrected chi connectivity index (χ2v) is 8.11. The highest BCUT2D eigenvalue weighted by molar-refractivity contribution is 7.90. The molecule has 21 heavy (non-hydrogen) atoms. The van der Waals surface area contributed by atoms with Crippen molar-refractivity contribution in [1.82, 2.24) is 0 Å². The molecule has 0 amide bonds. The highest BCUT2D eigenvalue weighted by Gasteiger charge is 2.27. The summed E-state index contributed by atoms with van der Waals surface area (Å²) in [5, 5.41) is 9.16. The molecule has 0 unspecified atom stereocenters. The molecule has 0 saturated heterocycles. The average Bonchev–Trinajstić information content (AvgIpc) is 2.33. The van der Waals surface area contributed by atoms with E-state index in [1.807, 2.05) is 0 Å². The van der Waals surface area contributed by atoms with Crippen molar-refractivity contribution in [1.29, 1.82) is 0 Å². The molecular formula is C15H22O5S. The van der Waals surface area contributed by atoms with E-state index >= 15 is 0 Å². The minimum atomic E-state index is -3.51. The summed E-state index contributed by atoms with van der Waals surface area (Å²) in [5.41, 5.74) is 0.148. The van der Waals surface area contributed by atoms with Gasteiger partial charge in [-0.25, -0.2) is 8.42 Å². The molecule has 0 bridgehead atoms. The lowest BCUT2D eigenvalue weighted by molar-refractivity contribution is -0.144. The first-order valence-corrected chi connectivity index (χ1v) is 8.52. The van der Waals surface area contributed by atoms with Crippen LogP contribution in [0.5, 0.6) is 0 Å². The van der Waals surface area contributed by atoms with E-state index in [9.17, 15) is 13.2 Å². The summed E-state index contributed by atoms with van der Waals surface area (Å²) in [6.45, 7) is 5.27. The smallest absolute Gasteiger partial charge is 0.309 e. The normalized spacial score (nSPS) is 13.9. The first-order chi connectivity index (χ1) is 9.59. The van der Waals surface area contributed by atoms with Crippen LogP contribution in [0.4, 0.5) is 0 Å². The fourth-order valence-corrected chi connectivity index (χ4v) is 3.40. The van der Waals surface area contributed by atoms with Crippen molar-refractivity contribution >= 4 is 15.8 Å². The van der Waals surface area contributed by atoms with Gasteiger partial charge in [-0.3, -0.25) is 4.79 Å². The van der Waals surface area contributed by atoms with Crippen molar-refractivity contribution in [3.63, 3.8) is 0 Å². The fraction of sp³-hybridized carbons (Fsp3) is 0.533. The van der Waals surface area contributed by atoms with Crippen molar-refractivity contribution < 1.29 is 23.1 Å². The summed E-state index contributed by atoms with van der Waals surface area (Å²) in [4.78, 5) is 11.2. The predicted octanol–water partition coefficient (Wildman–Crippen LogP) is 2.12. The number of ether oxygens (including phenoxy) is 1. The van der Waals surface area contributed by atoms with Crippen LogP contribution in [0.25, 0.3) is 0 Å². The Morgan fingerprint density at radius 3 is 2.29 bits per heavy atom. The molecule has 1 aromatic rings. The number of carboxylic acid groups (broad SMARTS) is 1. The fourth-order valence-electron chi connectivity index (χ4n) is 1.73. The maximum absolute atomic E-state index is 12.1. The van der Waals surface area contributed by atoms with Gasteiger partial charge in [0.15, 0.2) is 9.84 Å². The number of carbonyl (C=O) groups is 1. The van der Waals surface area contributed by atoms with Crippen molar-refractivity contribution in [2.75, 3.05) is 12.4 Å². The van der Waals surface area contributed by atoms with Crippen molar-refractivity contribution in [2.24, 2.45) is 5.92 Å². The molecule has 1 rings (SSSR count). The maximum atomic E-state index is 12.1. The molecule has 0 saturated carbocycles. The topological polar surface area (TPSA) is 80.7 Å². The van der Waals surface area contributed by atoms with Crippen LogP contribution in [0.3, 0.4) is 0 Å². The summed E-state index contributed by atoms with van der Waals surface area (Å²) in [6, 6.07) is 8.72. The molecular weight excluding hydrogens is 292 g/mol. The standard InChI is InChI=1S/C15H22O5S/c1-15(2,3)20-9-13(14(16)17)11-21(18,19)10-12-7-5-4-6-8-12/h4-8,13H,9-11H2,1-3H3,(H,16,17)/t13-/m0/s1. The van der Waals surface area contributed by atoms with Gasteiger partial charge in [-0.1, -0.05) is 30.3 Å². The van der Waals surface area contributed by atoms with Crippen LogP contribution < -0.4 is 0 Å². The number of hydrogen-bond donors (Lipinski definition) is 1. The number of benzene rings is 1. The Hall–Kier alpha value is -1.40. The molecule has 0 radical (unpaired) electrons. The van der Waals surface area contributed by atoms with E-state index in [0.29, 0.717) is 5.56 Å². The average molecular weight is 314 g/mol. The number of rotatable bonds is 7. The second kappa shape index (κ2) is 7.04. The van der Waals surface area contributed by atoms with Crippen LogP contribution in [0, 0.1) is 5.92 Å². The maximum Gasteiger partial charge on any atom is 0.309 e. The zero-order valence-electron chi connectivity index (χ0n) is 12.6. The molecule has 0 heterocycles. The van der Waals surface area contributed by atoms with Crippen LogP contribution in [0.15, 0.2) is 30.3 Å². The molecule has 0 spiro atoms. The minimum Gasteiger partial charge on any atom is -0.481 e. The number of sulfone groups is 1. The second-order valence-electron chi connectivity index (χ2n) is 6.00. The molecule has 118 valence electrons. The summed E-state index contributed by atoms with van der Waals surface area (Å²) in [7, 11) is -3.51. The molecule has 5 nitrogen and oxygen atoms in total. The van der Waals surface area contributed by atoms with Crippen LogP contribution in [-0.2, 0) is 25.1 Å². The van der Waals surface area contributed by atoms with Gasteiger partial charge in [-0.2, -0.15) is 0 Å². The molecule has 1 N–H and O–H groups in total. The zero-order chi connectivity index (χ0) is 16.1. The Balaban J connectivity index is 2.71. The van der Waals surface area contributed by atoms with Crippen molar-refractivity contribution in [2.45, 2.75) is 32.1 Å². The van der Waals surface area contributed by atoms with Gasteiger partial charge in [0.25, 0.3) is 0 Å². The summed E-state index contributed by atoms with van der Waals surface area (Å²) < 4.78 is 29.6. The first kappa shape index (κ1) is 17.7. The third-order valence-electron chi connectivity index (χ3n) is 2.75. The van der Waals surface area contributed by atoms with E-state index in [1.54, 1.807) is 51.1 Å². The van der Waals surface area contributed by atoms with E-state index in [0.717, 1.165) is 0 Å². The molecule has 0 aliphatic carbocycles. The molecule has 0 fully saturated rings. The molecule has 6 heteroatoms. The van der Waals surface area contributed by atoms with Gasteiger partial charge in [-0.05, 0) is 26.3 Å². The van der Waals surface area contributed by atoms with Gasteiger partial charge in [0.05, 0.1) is 29.6 Å². The molecule has 1 aromatic carbocycles. The number of carboxylic acids is 1. The Kier molecular flexibility index (Phi) is 5.92. The molecule has 0 aromatic heterocycles. The summed E-state index contributed by atoms with van der Waals surface area (Å²) in [6.07, 6.45) is 0. The van der Waals surface area contributed by atoms with Gasteiger partial charge in [0, 0.05) is 0 Å². The van der Waals surface area contributed by atoms with Gasteiger partial charge in [-0.15, -0.1) is 0 Å². The van der Waals surface area contributed by atoms with Crippen molar-refractivity contribution in [3.8, 4) is 0 Å². The van der Waals surface area contributed by atoms with Crippen LogP contribution in [-0.4, -0.2) is 37.5 Å². The number of hydrogen-bond acceptors (Lipinski definition) is 4. The third kappa shape index (κ3) is 7.24. The Labute approximate surface area is 125 Å². The van der Waals surface area contributed by atoms with Crippen LogP contribution in [0.2, 0.25) is 0 Å². The molecule has 0 aliphatic heterocycles.